The van der Waals surface area contributed by atoms with Gasteiger partial charge in [-0.05, 0) is 38.3 Å². The van der Waals surface area contributed by atoms with Crippen LogP contribution in [0.25, 0.3) is 0 Å². The molecule has 2 heteroatoms. The fraction of sp³-hybridized carbons (Fsp3) is 0.300. The molecule has 2 aromatic carbocycles. The van der Waals surface area contributed by atoms with Crippen molar-refractivity contribution in [1.82, 2.24) is 10.6 Å². The zero-order valence-electron chi connectivity index (χ0n) is 13.8. The average molecular weight is 294 g/mol. The fourth-order valence-corrected chi connectivity index (χ4v) is 2.75. The minimum Gasteiger partial charge on any atom is -0.370 e. The molecule has 0 spiro atoms. The van der Waals surface area contributed by atoms with E-state index in [-0.39, 0.29) is 5.54 Å². The smallest absolute Gasteiger partial charge is 0.0921 e. The van der Waals surface area contributed by atoms with Crippen LogP contribution in [-0.4, -0.2) is 6.04 Å². The Hall–Kier alpha value is -2.22. The molecule has 2 rings (SSSR count). The van der Waals surface area contributed by atoms with E-state index in [1.807, 2.05) is 6.07 Å². The number of rotatable bonds is 7. The summed E-state index contributed by atoms with van der Waals surface area (Å²) in [5.41, 5.74) is 2.35. The van der Waals surface area contributed by atoms with E-state index in [9.17, 15) is 0 Å². The Morgan fingerprint density at radius 3 is 2.09 bits per heavy atom. The van der Waals surface area contributed by atoms with Gasteiger partial charge in [0.1, 0.15) is 0 Å². The Balaban J connectivity index is 2.26. The molecule has 1 atom stereocenters. The topological polar surface area (TPSA) is 24.1 Å². The first kappa shape index (κ1) is 16.2. The second-order valence-electron chi connectivity index (χ2n) is 6.26. The summed E-state index contributed by atoms with van der Waals surface area (Å²) in [5.74, 6) is 0.859. The second-order valence-corrected chi connectivity index (χ2v) is 6.26. The van der Waals surface area contributed by atoms with Gasteiger partial charge < -0.3 is 10.6 Å². The van der Waals surface area contributed by atoms with Gasteiger partial charge in [0.05, 0.1) is 11.4 Å². The van der Waals surface area contributed by atoms with Gasteiger partial charge in [-0.25, -0.2) is 0 Å². The zero-order valence-corrected chi connectivity index (χ0v) is 13.8. The molecule has 1 unspecified atom stereocenters. The Morgan fingerprint density at radius 1 is 1.00 bits per heavy atom. The lowest BCUT2D eigenvalue weighted by molar-refractivity contribution is 0.382. The largest absolute Gasteiger partial charge is 0.370 e. The number of hydrogen-bond donors (Lipinski definition) is 2. The minimum atomic E-state index is -0.207. The van der Waals surface area contributed by atoms with Gasteiger partial charge in [-0.2, -0.15) is 0 Å². The highest BCUT2D eigenvalue weighted by Gasteiger charge is 2.27. The molecule has 22 heavy (non-hydrogen) atoms. The maximum atomic E-state index is 4.12. The Kier molecular flexibility index (Phi) is 5.26. The van der Waals surface area contributed by atoms with E-state index in [0.29, 0.717) is 6.04 Å². The molecule has 0 aliphatic carbocycles. The highest BCUT2D eigenvalue weighted by Crippen LogP contribution is 2.26. The lowest BCUT2D eigenvalue weighted by Gasteiger charge is -2.34. The monoisotopic (exact) mass is 294 g/mol. The van der Waals surface area contributed by atoms with Crippen LogP contribution in [0.2, 0.25) is 0 Å². The summed E-state index contributed by atoms with van der Waals surface area (Å²) in [5, 5.41) is 6.93. The van der Waals surface area contributed by atoms with E-state index < -0.39 is 0 Å². The zero-order chi connectivity index (χ0) is 16.0. The van der Waals surface area contributed by atoms with Gasteiger partial charge in [-0.15, -0.1) is 0 Å². The fourth-order valence-electron chi connectivity index (χ4n) is 2.75. The van der Waals surface area contributed by atoms with Crippen molar-refractivity contribution in [3.63, 3.8) is 0 Å². The standard InChI is InChI=1S/C20H26N2/c1-16(2)21-17(3)22-20(4,19-13-9-6-10-14-19)15-18-11-7-5-8-12-18/h5-14,16,21-22H,3,15H2,1-2,4H3. The number of nitrogens with one attached hydrogen (secondary N) is 2. The molecule has 2 N–H and O–H groups in total. The maximum absolute atomic E-state index is 4.12. The van der Waals surface area contributed by atoms with E-state index in [1.165, 1.54) is 11.1 Å². The molecule has 0 aromatic heterocycles. The van der Waals surface area contributed by atoms with Crippen LogP contribution in [0.1, 0.15) is 31.9 Å². The third-order valence-electron chi connectivity index (χ3n) is 3.70. The molecule has 0 bridgehead atoms. The van der Waals surface area contributed by atoms with Crippen molar-refractivity contribution in [1.29, 1.82) is 0 Å². The molecule has 0 heterocycles. The molecule has 0 fully saturated rings. The van der Waals surface area contributed by atoms with E-state index in [2.05, 4.69) is 92.6 Å². The molecule has 0 saturated heterocycles. The van der Waals surface area contributed by atoms with Crippen LogP contribution in [0.4, 0.5) is 0 Å². The Labute approximate surface area is 134 Å². The van der Waals surface area contributed by atoms with Crippen molar-refractivity contribution in [2.45, 2.75) is 38.8 Å². The van der Waals surface area contributed by atoms with Gasteiger partial charge in [-0.3, -0.25) is 0 Å². The number of benzene rings is 2. The normalized spacial score (nSPS) is 13.5. The predicted octanol–water partition coefficient (Wildman–Crippen LogP) is 4.20. The molecule has 116 valence electrons. The molecular weight excluding hydrogens is 268 g/mol. The number of hydrogen-bond acceptors (Lipinski definition) is 2. The lowest BCUT2D eigenvalue weighted by atomic mass is 9.85. The first-order chi connectivity index (χ1) is 10.5. The SMILES string of the molecule is C=C(NC(C)C)NC(C)(Cc1ccccc1)c1ccccc1. The third-order valence-corrected chi connectivity index (χ3v) is 3.70. The summed E-state index contributed by atoms with van der Waals surface area (Å²) < 4.78 is 0. The van der Waals surface area contributed by atoms with Crippen LogP contribution < -0.4 is 10.6 Å². The van der Waals surface area contributed by atoms with Gasteiger partial charge >= 0.3 is 0 Å². The van der Waals surface area contributed by atoms with Crippen LogP contribution in [0.15, 0.2) is 73.1 Å². The first-order valence-corrected chi connectivity index (χ1v) is 7.83. The molecule has 0 aliphatic heterocycles. The van der Waals surface area contributed by atoms with Crippen LogP contribution >= 0.6 is 0 Å². The summed E-state index contributed by atoms with van der Waals surface area (Å²) in [7, 11) is 0. The van der Waals surface area contributed by atoms with Crippen molar-refractivity contribution in [2.75, 3.05) is 0 Å². The Morgan fingerprint density at radius 2 is 1.55 bits per heavy atom. The second kappa shape index (κ2) is 7.17. The van der Waals surface area contributed by atoms with E-state index in [0.717, 1.165) is 12.2 Å². The molecule has 0 saturated carbocycles. The van der Waals surface area contributed by atoms with Crippen molar-refractivity contribution in [3.8, 4) is 0 Å². The quantitative estimate of drug-likeness (QED) is 0.799. The van der Waals surface area contributed by atoms with E-state index >= 15 is 0 Å². The molecule has 0 aliphatic rings. The summed E-state index contributed by atoms with van der Waals surface area (Å²) in [6.45, 7) is 10.6. The van der Waals surface area contributed by atoms with E-state index in [4.69, 9.17) is 0 Å². The molecule has 2 aromatic rings. The highest BCUT2D eigenvalue weighted by atomic mass is 15.1. The molecular formula is C20H26N2. The van der Waals surface area contributed by atoms with E-state index in [1.54, 1.807) is 0 Å². The summed E-state index contributed by atoms with van der Waals surface area (Å²) >= 11 is 0. The van der Waals surface area contributed by atoms with Crippen LogP contribution in [-0.2, 0) is 12.0 Å². The molecule has 2 nitrogen and oxygen atoms in total. The lowest BCUT2D eigenvalue weighted by Crippen LogP contribution is -2.45. The van der Waals surface area contributed by atoms with Gasteiger partial charge in [0.2, 0.25) is 0 Å². The van der Waals surface area contributed by atoms with Crippen molar-refractivity contribution in [2.24, 2.45) is 0 Å². The predicted molar refractivity (Wildman–Crippen MR) is 94.5 cm³/mol. The highest BCUT2D eigenvalue weighted by molar-refractivity contribution is 5.29. The molecule has 0 radical (unpaired) electrons. The molecule has 0 amide bonds. The third kappa shape index (κ3) is 4.39. The summed E-state index contributed by atoms with van der Waals surface area (Å²) in [6.07, 6.45) is 0.899. The first-order valence-electron chi connectivity index (χ1n) is 7.83. The van der Waals surface area contributed by atoms with Crippen LogP contribution in [0, 0.1) is 0 Å². The maximum Gasteiger partial charge on any atom is 0.0921 e. The average Bonchev–Trinajstić information content (AvgIpc) is 2.48. The van der Waals surface area contributed by atoms with Gasteiger partial charge in [-0.1, -0.05) is 67.2 Å². The van der Waals surface area contributed by atoms with Crippen molar-refractivity contribution in [3.05, 3.63) is 84.2 Å². The van der Waals surface area contributed by atoms with Crippen molar-refractivity contribution >= 4 is 0 Å². The minimum absolute atomic E-state index is 0.207. The van der Waals surface area contributed by atoms with Crippen LogP contribution in [0.5, 0.6) is 0 Å². The summed E-state index contributed by atoms with van der Waals surface area (Å²) in [4.78, 5) is 0. The van der Waals surface area contributed by atoms with Crippen LogP contribution in [0.3, 0.4) is 0 Å². The van der Waals surface area contributed by atoms with Crippen molar-refractivity contribution < 1.29 is 0 Å². The van der Waals surface area contributed by atoms with Gasteiger partial charge in [0.25, 0.3) is 0 Å². The summed E-state index contributed by atoms with van der Waals surface area (Å²) in [6, 6.07) is 21.5. The van der Waals surface area contributed by atoms with Gasteiger partial charge in [0.15, 0.2) is 0 Å². The Bertz CT molecular complexity index is 590. The van der Waals surface area contributed by atoms with Gasteiger partial charge in [0, 0.05) is 6.04 Å².